The van der Waals surface area contributed by atoms with Gasteiger partial charge in [-0.25, -0.2) is 4.79 Å². The van der Waals surface area contributed by atoms with Crippen LogP contribution < -0.4 is 5.32 Å². The van der Waals surface area contributed by atoms with Crippen molar-refractivity contribution in [2.24, 2.45) is 0 Å². The number of amides is 1. The number of aliphatic carboxylic acids is 1. The molecular weight excluding hydrogens is 254 g/mol. The molecule has 0 aromatic rings. The molecule has 2 N–H and O–H groups in total. The quantitative estimate of drug-likeness (QED) is 0.763. The Balaban J connectivity index is 2.37. The smallest absolute Gasteiger partial charge is 0.327 e. The lowest BCUT2D eigenvalue weighted by molar-refractivity contribution is -0.140. The summed E-state index contributed by atoms with van der Waals surface area (Å²) >= 11 is 1.62. The van der Waals surface area contributed by atoms with Gasteiger partial charge in [0.05, 0.1) is 6.10 Å². The molecule has 0 bridgehead atoms. The zero-order valence-electron chi connectivity index (χ0n) is 10.8. The van der Waals surface area contributed by atoms with Gasteiger partial charge >= 0.3 is 5.97 Å². The minimum atomic E-state index is -0.975. The average molecular weight is 275 g/mol. The number of carbonyl (C=O) groups is 2. The fourth-order valence-electron chi connectivity index (χ4n) is 2.12. The normalized spacial score (nSPS) is 25.4. The van der Waals surface area contributed by atoms with Crippen LogP contribution in [0.4, 0.5) is 0 Å². The minimum Gasteiger partial charge on any atom is -0.480 e. The molecule has 0 aromatic carbocycles. The molecule has 6 heteroatoms. The highest BCUT2D eigenvalue weighted by Gasteiger charge is 2.25. The molecule has 104 valence electrons. The summed E-state index contributed by atoms with van der Waals surface area (Å²) in [5, 5.41) is 11.9. The Bertz CT molecular complexity index is 298. The van der Waals surface area contributed by atoms with Gasteiger partial charge in [0.15, 0.2) is 0 Å². The molecule has 0 spiro atoms. The standard InChI is InChI=1S/C12H21NO4S/c1-8(14)13-11(12(15)16)7-18-10-5-3-4-9(6-10)17-2/h9-11H,3-7H2,1-2H3,(H,13,14)(H,15,16)/t9?,10?,11-/m0/s1. The number of hydrogen-bond donors (Lipinski definition) is 2. The number of methoxy groups -OCH3 is 1. The second-order valence-corrected chi connectivity index (χ2v) is 5.90. The van der Waals surface area contributed by atoms with Gasteiger partial charge < -0.3 is 15.2 Å². The SMILES string of the molecule is COC1CCCC(SC[C@H](NC(C)=O)C(=O)O)C1. The van der Waals surface area contributed by atoms with Gasteiger partial charge in [0.25, 0.3) is 0 Å². The van der Waals surface area contributed by atoms with Crippen LogP contribution in [-0.2, 0) is 14.3 Å². The van der Waals surface area contributed by atoms with E-state index in [-0.39, 0.29) is 5.91 Å². The first-order valence-corrected chi connectivity index (χ1v) is 7.22. The Kier molecular flexibility index (Phi) is 6.49. The van der Waals surface area contributed by atoms with Crippen LogP contribution in [-0.4, -0.2) is 47.2 Å². The van der Waals surface area contributed by atoms with E-state index in [2.05, 4.69) is 5.32 Å². The number of rotatable bonds is 6. The monoisotopic (exact) mass is 275 g/mol. The van der Waals surface area contributed by atoms with Crippen LogP contribution in [0.25, 0.3) is 0 Å². The van der Waals surface area contributed by atoms with Crippen LogP contribution >= 0.6 is 11.8 Å². The van der Waals surface area contributed by atoms with E-state index in [1.807, 2.05) is 0 Å². The van der Waals surface area contributed by atoms with Crippen molar-refractivity contribution in [3.63, 3.8) is 0 Å². The van der Waals surface area contributed by atoms with Gasteiger partial charge in [0.2, 0.25) is 5.91 Å². The summed E-state index contributed by atoms with van der Waals surface area (Å²) in [5.41, 5.74) is 0. The van der Waals surface area contributed by atoms with Gasteiger partial charge in [0.1, 0.15) is 6.04 Å². The molecule has 1 saturated carbocycles. The number of thioether (sulfide) groups is 1. The van der Waals surface area contributed by atoms with Crippen molar-refractivity contribution in [3.8, 4) is 0 Å². The summed E-state index contributed by atoms with van der Waals surface area (Å²) in [7, 11) is 1.72. The Labute approximate surface area is 112 Å². The molecular formula is C12H21NO4S. The van der Waals surface area contributed by atoms with Crippen molar-refractivity contribution in [2.45, 2.75) is 50.0 Å². The van der Waals surface area contributed by atoms with Gasteiger partial charge in [-0.05, 0) is 25.7 Å². The maximum Gasteiger partial charge on any atom is 0.327 e. The van der Waals surface area contributed by atoms with E-state index in [1.54, 1.807) is 18.9 Å². The molecule has 0 heterocycles. The third-order valence-corrected chi connectivity index (χ3v) is 4.51. The number of carboxylic acids is 1. The summed E-state index contributed by atoms with van der Waals surface area (Å²) in [5.74, 6) is -0.867. The topological polar surface area (TPSA) is 75.6 Å². The molecule has 3 atom stereocenters. The van der Waals surface area contributed by atoms with E-state index in [4.69, 9.17) is 9.84 Å². The first-order chi connectivity index (χ1) is 8.52. The summed E-state index contributed by atoms with van der Waals surface area (Å²) < 4.78 is 5.34. The van der Waals surface area contributed by atoms with Crippen molar-refractivity contribution in [2.75, 3.05) is 12.9 Å². The summed E-state index contributed by atoms with van der Waals surface area (Å²) in [4.78, 5) is 21.9. The van der Waals surface area contributed by atoms with Gasteiger partial charge in [-0.3, -0.25) is 4.79 Å². The third kappa shape index (κ3) is 5.27. The number of hydrogen-bond acceptors (Lipinski definition) is 4. The number of carbonyl (C=O) groups excluding carboxylic acids is 1. The molecule has 0 aliphatic heterocycles. The number of ether oxygens (including phenoxy) is 1. The van der Waals surface area contributed by atoms with E-state index in [0.29, 0.717) is 17.1 Å². The Morgan fingerprint density at radius 1 is 1.50 bits per heavy atom. The molecule has 1 fully saturated rings. The highest BCUT2D eigenvalue weighted by molar-refractivity contribution is 8.00. The molecule has 2 unspecified atom stereocenters. The lowest BCUT2D eigenvalue weighted by Crippen LogP contribution is -2.42. The van der Waals surface area contributed by atoms with Gasteiger partial charge in [-0.2, -0.15) is 11.8 Å². The molecule has 0 aromatic heterocycles. The third-order valence-electron chi connectivity index (χ3n) is 3.09. The summed E-state index contributed by atoms with van der Waals surface area (Å²) in [6.45, 7) is 1.34. The highest BCUT2D eigenvalue weighted by Crippen LogP contribution is 2.30. The molecule has 1 aliphatic carbocycles. The largest absolute Gasteiger partial charge is 0.480 e. The van der Waals surface area contributed by atoms with Gasteiger partial charge in [-0.1, -0.05) is 0 Å². The van der Waals surface area contributed by atoms with Gasteiger partial charge in [-0.15, -0.1) is 0 Å². The predicted molar refractivity (Wildman–Crippen MR) is 70.8 cm³/mol. The van der Waals surface area contributed by atoms with Crippen LogP contribution in [0.1, 0.15) is 32.6 Å². The molecule has 0 saturated heterocycles. The Hall–Kier alpha value is -0.750. The van der Waals surface area contributed by atoms with Gasteiger partial charge in [0, 0.05) is 25.0 Å². The van der Waals surface area contributed by atoms with Crippen molar-refractivity contribution in [1.82, 2.24) is 5.32 Å². The predicted octanol–water partition coefficient (Wildman–Crippen LogP) is 1.27. The van der Waals surface area contributed by atoms with Crippen LogP contribution in [0.15, 0.2) is 0 Å². The van der Waals surface area contributed by atoms with Crippen molar-refractivity contribution in [1.29, 1.82) is 0 Å². The van der Waals surface area contributed by atoms with Crippen LogP contribution in [0.3, 0.4) is 0 Å². The highest BCUT2D eigenvalue weighted by atomic mass is 32.2. The molecule has 0 radical (unpaired) electrons. The second-order valence-electron chi connectivity index (χ2n) is 4.57. The zero-order chi connectivity index (χ0) is 13.5. The van der Waals surface area contributed by atoms with Crippen LogP contribution in [0.5, 0.6) is 0 Å². The first-order valence-electron chi connectivity index (χ1n) is 6.17. The molecule has 1 aliphatic rings. The molecule has 1 amide bonds. The van der Waals surface area contributed by atoms with E-state index in [1.165, 1.54) is 6.92 Å². The Morgan fingerprint density at radius 3 is 2.78 bits per heavy atom. The molecule has 1 rings (SSSR count). The molecule has 5 nitrogen and oxygen atoms in total. The maximum absolute atomic E-state index is 11.0. The van der Waals surface area contributed by atoms with Crippen molar-refractivity contribution >= 4 is 23.6 Å². The van der Waals surface area contributed by atoms with E-state index < -0.39 is 12.0 Å². The minimum absolute atomic E-state index is 0.292. The summed E-state index contributed by atoms with van der Waals surface area (Å²) in [6.07, 6.45) is 4.56. The lowest BCUT2D eigenvalue weighted by atomic mass is 9.97. The van der Waals surface area contributed by atoms with Crippen LogP contribution in [0, 0.1) is 0 Å². The van der Waals surface area contributed by atoms with Crippen molar-refractivity contribution in [3.05, 3.63) is 0 Å². The Morgan fingerprint density at radius 2 is 2.22 bits per heavy atom. The fraction of sp³-hybridized carbons (Fsp3) is 0.833. The first kappa shape index (κ1) is 15.3. The number of nitrogens with one attached hydrogen (secondary N) is 1. The maximum atomic E-state index is 11.0. The lowest BCUT2D eigenvalue weighted by Gasteiger charge is -2.28. The van der Waals surface area contributed by atoms with E-state index in [9.17, 15) is 9.59 Å². The van der Waals surface area contributed by atoms with E-state index >= 15 is 0 Å². The second kappa shape index (κ2) is 7.63. The number of carboxylic acid groups (broad SMARTS) is 1. The zero-order valence-corrected chi connectivity index (χ0v) is 11.7. The van der Waals surface area contributed by atoms with E-state index in [0.717, 1.165) is 25.7 Å². The summed E-state index contributed by atoms with van der Waals surface area (Å²) in [6, 6.07) is -0.796. The fourth-order valence-corrected chi connectivity index (χ4v) is 3.49. The van der Waals surface area contributed by atoms with Crippen LogP contribution in [0.2, 0.25) is 0 Å². The average Bonchev–Trinajstić information content (AvgIpc) is 2.34. The van der Waals surface area contributed by atoms with Crippen molar-refractivity contribution < 1.29 is 19.4 Å². The molecule has 18 heavy (non-hydrogen) atoms.